The van der Waals surface area contributed by atoms with E-state index < -0.39 is 0 Å². The van der Waals surface area contributed by atoms with Gasteiger partial charge >= 0.3 is 0 Å². The molecule has 1 aliphatic rings. The number of anilines is 3. The fourth-order valence-electron chi connectivity index (χ4n) is 3.66. The van der Waals surface area contributed by atoms with Crippen molar-refractivity contribution >= 4 is 23.8 Å². The Hall–Kier alpha value is -3.02. The quantitative estimate of drug-likeness (QED) is 0.239. The van der Waals surface area contributed by atoms with Gasteiger partial charge in [-0.2, -0.15) is 15.0 Å². The third kappa shape index (κ3) is 9.56. The molecule has 1 aromatic heterocycles. The van der Waals surface area contributed by atoms with Gasteiger partial charge in [0.2, 0.25) is 17.8 Å². The molecule has 0 unspecified atom stereocenters. The predicted octanol–water partition coefficient (Wildman–Crippen LogP) is 2.02. The van der Waals surface area contributed by atoms with E-state index in [1.54, 1.807) is 0 Å². The second-order valence-corrected chi connectivity index (χ2v) is 8.58. The highest BCUT2D eigenvalue weighted by Crippen LogP contribution is 2.19. The van der Waals surface area contributed by atoms with Gasteiger partial charge in [0.05, 0.1) is 26.4 Å². The van der Waals surface area contributed by atoms with Crippen LogP contribution in [-0.4, -0.2) is 80.0 Å². The van der Waals surface area contributed by atoms with Crippen LogP contribution in [0.25, 0.3) is 0 Å². The number of nitrogens with zero attached hydrogens (tertiary/aromatic N) is 4. The Balaban J connectivity index is 1.46. The summed E-state index contributed by atoms with van der Waals surface area (Å²) >= 11 is 0. The third-order valence-corrected chi connectivity index (χ3v) is 5.66. The van der Waals surface area contributed by atoms with Gasteiger partial charge in [-0.25, -0.2) is 0 Å². The zero-order valence-electron chi connectivity index (χ0n) is 21.3. The van der Waals surface area contributed by atoms with Gasteiger partial charge in [-0.15, -0.1) is 0 Å². The molecule has 1 saturated heterocycles. The van der Waals surface area contributed by atoms with Crippen LogP contribution >= 0.6 is 0 Å². The predicted molar refractivity (Wildman–Crippen MR) is 141 cm³/mol. The third-order valence-electron chi connectivity index (χ3n) is 5.66. The van der Waals surface area contributed by atoms with E-state index in [2.05, 4.69) is 42.7 Å². The SMILES string of the molecule is CCCCNc1nc(NCc2ccc(C(=O)NCCOCCOCCN)cc2)nc(N2CCCC2)n1. The van der Waals surface area contributed by atoms with Crippen molar-refractivity contribution in [2.75, 3.05) is 74.7 Å². The van der Waals surface area contributed by atoms with Crippen molar-refractivity contribution in [2.45, 2.75) is 39.2 Å². The van der Waals surface area contributed by atoms with Crippen molar-refractivity contribution in [3.05, 3.63) is 35.4 Å². The first-order valence-electron chi connectivity index (χ1n) is 12.9. The van der Waals surface area contributed by atoms with Gasteiger partial charge in [0.1, 0.15) is 0 Å². The lowest BCUT2D eigenvalue weighted by Crippen LogP contribution is -2.27. The van der Waals surface area contributed by atoms with Crippen LogP contribution in [0, 0.1) is 0 Å². The highest BCUT2D eigenvalue weighted by molar-refractivity contribution is 5.94. The van der Waals surface area contributed by atoms with Crippen LogP contribution in [0.3, 0.4) is 0 Å². The molecule has 0 atom stereocenters. The minimum absolute atomic E-state index is 0.131. The topological polar surface area (TPSA) is 140 Å². The number of carbonyl (C=O) groups excluding carboxylic acids is 1. The number of hydrogen-bond acceptors (Lipinski definition) is 10. The number of aromatic nitrogens is 3. The summed E-state index contributed by atoms with van der Waals surface area (Å²) in [5, 5.41) is 9.48. The molecular formula is C25H40N8O3. The van der Waals surface area contributed by atoms with E-state index in [0.717, 1.165) is 50.9 Å². The van der Waals surface area contributed by atoms with Crippen LogP contribution in [0.2, 0.25) is 0 Å². The van der Waals surface area contributed by atoms with Crippen molar-refractivity contribution in [1.29, 1.82) is 0 Å². The normalized spacial score (nSPS) is 13.1. The highest BCUT2D eigenvalue weighted by atomic mass is 16.5. The fourth-order valence-corrected chi connectivity index (χ4v) is 3.66. The van der Waals surface area contributed by atoms with Crippen LogP contribution in [0.4, 0.5) is 17.8 Å². The molecule has 2 aromatic rings. The van der Waals surface area contributed by atoms with E-state index in [4.69, 9.17) is 15.2 Å². The summed E-state index contributed by atoms with van der Waals surface area (Å²) in [4.78, 5) is 28.4. The minimum atomic E-state index is -0.131. The van der Waals surface area contributed by atoms with E-state index in [0.29, 0.717) is 69.5 Å². The number of benzene rings is 1. The first-order chi connectivity index (χ1) is 17.7. The molecule has 0 spiro atoms. The van der Waals surface area contributed by atoms with Gasteiger partial charge in [0, 0.05) is 44.8 Å². The molecule has 5 N–H and O–H groups in total. The Morgan fingerprint density at radius 1 is 0.944 bits per heavy atom. The molecule has 198 valence electrons. The summed E-state index contributed by atoms with van der Waals surface area (Å²) in [5.74, 6) is 1.72. The lowest BCUT2D eigenvalue weighted by atomic mass is 10.1. The lowest BCUT2D eigenvalue weighted by molar-refractivity contribution is 0.0511. The van der Waals surface area contributed by atoms with Crippen molar-refractivity contribution in [3.8, 4) is 0 Å². The van der Waals surface area contributed by atoms with E-state index in [9.17, 15) is 4.79 Å². The number of amides is 1. The van der Waals surface area contributed by atoms with E-state index in [1.807, 2.05) is 24.3 Å². The monoisotopic (exact) mass is 500 g/mol. The molecule has 3 rings (SSSR count). The van der Waals surface area contributed by atoms with Gasteiger partial charge in [-0.3, -0.25) is 4.79 Å². The van der Waals surface area contributed by atoms with Crippen LogP contribution in [-0.2, 0) is 16.0 Å². The second-order valence-electron chi connectivity index (χ2n) is 8.58. The number of ether oxygens (including phenoxy) is 2. The summed E-state index contributed by atoms with van der Waals surface area (Å²) in [5.41, 5.74) is 6.98. The molecule has 1 amide bonds. The van der Waals surface area contributed by atoms with Crippen molar-refractivity contribution in [1.82, 2.24) is 20.3 Å². The second kappa shape index (κ2) is 15.9. The smallest absolute Gasteiger partial charge is 0.251 e. The fraction of sp³-hybridized carbons (Fsp3) is 0.600. The molecule has 0 radical (unpaired) electrons. The molecule has 2 heterocycles. The average Bonchev–Trinajstić information content (AvgIpc) is 3.45. The van der Waals surface area contributed by atoms with Gasteiger partial charge in [-0.1, -0.05) is 25.5 Å². The Labute approximate surface area is 213 Å². The zero-order chi connectivity index (χ0) is 25.4. The van der Waals surface area contributed by atoms with Crippen LogP contribution < -0.4 is 26.6 Å². The first-order valence-corrected chi connectivity index (χ1v) is 12.9. The molecular weight excluding hydrogens is 460 g/mol. The average molecular weight is 501 g/mol. The van der Waals surface area contributed by atoms with Crippen molar-refractivity contribution in [3.63, 3.8) is 0 Å². The summed E-state index contributed by atoms with van der Waals surface area (Å²) in [6, 6.07) is 7.48. The molecule has 0 aliphatic carbocycles. The Morgan fingerprint density at radius 3 is 2.33 bits per heavy atom. The maximum Gasteiger partial charge on any atom is 0.251 e. The largest absolute Gasteiger partial charge is 0.378 e. The molecule has 11 nitrogen and oxygen atoms in total. The maximum absolute atomic E-state index is 12.4. The van der Waals surface area contributed by atoms with Gasteiger partial charge in [0.15, 0.2) is 0 Å². The first kappa shape index (κ1) is 27.6. The Morgan fingerprint density at radius 2 is 1.64 bits per heavy atom. The van der Waals surface area contributed by atoms with Gasteiger partial charge in [-0.05, 0) is 37.0 Å². The maximum atomic E-state index is 12.4. The number of rotatable bonds is 17. The molecule has 1 fully saturated rings. The van der Waals surface area contributed by atoms with Crippen molar-refractivity contribution in [2.24, 2.45) is 5.73 Å². The number of unbranched alkanes of at least 4 members (excludes halogenated alkanes) is 1. The minimum Gasteiger partial charge on any atom is -0.378 e. The standard InChI is InChI=1S/C25H40N8O3/c1-2-3-11-28-23-30-24(32-25(31-23)33-13-4-5-14-33)29-19-20-6-8-21(9-7-20)22(34)27-12-16-36-18-17-35-15-10-26/h6-9H,2-5,10-19,26H2,1H3,(H,27,34)(H2,28,29,30,31,32). The van der Waals surface area contributed by atoms with E-state index in [-0.39, 0.29) is 5.91 Å². The van der Waals surface area contributed by atoms with Crippen molar-refractivity contribution < 1.29 is 14.3 Å². The van der Waals surface area contributed by atoms with E-state index in [1.165, 1.54) is 0 Å². The Kier molecular flexibility index (Phi) is 12.2. The molecule has 0 bridgehead atoms. The van der Waals surface area contributed by atoms with Crippen LogP contribution in [0.1, 0.15) is 48.5 Å². The molecule has 11 heteroatoms. The summed E-state index contributed by atoms with van der Waals surface area (Å²) < 4.78 is 10.7. The molecule has 1 aliphatic heterocycles. The number of nitrogens with two attached hydrogens (primary N) is 1. The Bertz CT molecular complexity index is 907. The van der Waals surface area contributed by atoms with Crippen LogP contribution in [0.15, 0.2) is 24.3 Å². The summed E-state index contributed by atoms with van der Waals surface area (Å²) in [7, 11) is 0. The van der Waals surface area contributed by atoms with Gasteiger partial charge < -0.3 is 36.1 Å². The molecule has 0 saturated carbocycles. The van der Waals surface area contributed by atoms with Crippen LogP contribution in [0.5, 0.6) is 0 Å². The lowest BCUT2D eigenvalue weighted by Gasteiger charge is -2.17. The number of carbonyl (C=O) groups is 1. The number of hydrogen-bond donors (Lipinski definition) is 4. The van der Waals surface area contributed by atoms with Gasteiger partial charge in [0.25, 0.3) is 5.91 Å². The zero-order valence-corrected chi connectivity index (χ0v) is 21.3. The summed E-state index contributed by atoms with van der Waals surface area (Å²) in [6.45, 7) is 8.34. The highest BCUT2D eigenvalue weighted by Gasteiger charge is 2.17. The molecule has 1 aromatic carbocycles. The number of nitrogens with one attached hydrogen (secondary N) is 3. The summed E-state index contributed by atoms with van der Waals surface area (Å²) in [6.07, 6.45) is 4.48. The molecule has 36 heavy (non-hydrogen) atoms. The van der Waals surface area contributed by atoms with E-state index >= 15 is 0 Å².